The number of nitrogens with one attached hydrogen (secondary N) is 1. The highest BCUT2D eigenvalue weighted by Gasteiger charge is 2.36. The van der Waals surface area contributed by atoms with Gasteiger partial charge in [-0.25, -0.2) is 4.39 Å². The Morgan fingerprint density at radius 3 is 2.71 bits per heavy atom. The fraction of sp³-hybridized carbons (Fsp3) is 0.667. The van der Waals surface area contributed by atoms with Gasteiger partial charge in [0, 0.05) is 24.1 Å². The maximum atomic E-state index is 14.6. The first-order chi connectivity index (χ1) is 10.1. The van der Waals surface area contributed by atoms with E-state index in [1.807, 2.05) is 13.8 Å². The van der Waals surface area contributed by atoms with Crippen LogP contribution in [0.2, 0.25) is 0 Å². The van der Waals surface area contributed by atoms with Crippen LogP contribution in [0.1, 0.15) is 55.8 Å². The first kappa shape index (κ1) is 16.4. The van der Waals surface area contributed by atoms with E-state index in [2.05, 4.69) is 25.2 Å². The molecule has 0 spiro atoms. The minimum absolute atomic E-state index is 0.0537. The summed E-state index contributed by atoms with van der Waals surface area (Å²) in [7, 11) is 0. The third-order valence-electron chi connectivity index (χ3n) is 4.50. The minimum atomic E-state index is -0.0807. The van der Waals surface area contributed by atoms with E-state index in [0.29, 0.717) is 5.92 Å². The molecule has 3 atom stereocenters. The van der Waals surface area contributed by atoms with E-state index in [9.17, 15) is 4.39 Å². The van der Waals surface area contributed by atoms with Gasteiger partial charge in [0.25, 0.3) is 0 Å². The predicted molar refractivity (Wildman–Crippen MR) is 85.0 cm³/mol. The fourth-order valence-electron chi connectivity index (χ4n) is 3.56. The molecule has 1 aliphatic rings. The van der Waals surface area contributed by atoms with Gasteiger partial charge in [-0.05, 0) is 56.8 Å². The quantitative estimate of drug-likeness (QED) is 0.844. The number of rotatable bonds is 6. The summed E-state index contributed by atoms with van der Waals surface area (Å²) in [5.74, 6) is 0.278. The average Bonchev–Trinajstić information content (AvgIpc) is 2.89. The molecule has 1 saturated heterocycles. The lowest BCUT2D eigenvalue weighted by Gasteiger charge is -2.30. The first-order valence-corrected chi connectivity index (χ1v) is 8.20. The highest BCUT2D eigenvalue weighted by Crippen LogP contribution is 2.37. The summed E-state index contributed by atoms with van der Waals surface area (Å²) in [6.45, 7) is 9.96. The zero-order chi connectivity index (χ0) is 15.4. The second-order valence-corrected chi connectivity index (χ2v) is 6.18. The maximum Gasteiger partial charge on any atom is 0.128 e. The van der Waals surface area contributed by atoms with E-state index in [1.54, 1.807) is 6.07 Å². The number of hydrogen-bond acceptors (Lipinski definition) is 2. The van der Waals surface area contributed by atoms with Crippen LogP contribution in [0, 0.1) is 25.6 Å². The Morgan fingerprint density at radius 2 is 2.10 bits per heavy atom. The highest BCUT2D eigenvalue weighted by atomic mass is 19.1. The average molecular weight is 293 g/mol. The van der Waals surface area contributed by atoms with Crippen LogP contribution in [0.4, 0.5) is 4.39 Å². The summed E-state index contributed by atoms with van der Waals surface area (Å²) in [5.41, 5.74) is 2.86. The van der Waals surface area contributed by atoms with Crippen molar-refractivity contribution in [3.05, 3.63) is 34.6 Å². The van der Waals surface area contributed by atoms with Crippen molar-refractivity contribution >= 4 is 0 Å². The molecule has 1 N–H and O–H groups in total. The molecule has 118 valence electrons. The number of benzene rings is 1. The second-order valence-electron chi connectivity index (χ2n) is 6.18. The Kier molecular flexibility index (Phi) is 5.77. The van der Waals surface area contributed by atoms with Crippen molar-refractivity contribution in [2.75, 3.05) is 13.2 Å². The smallest absolute Gasteiger partial charge is 0.128 e. The third-order valence-corrected chi connectivity index (χ3v) is 4.50. The molecule has 0 amide bonds. The molecule has 1 aromatic carbocycles. The topological polar surface area (TPSA) is 21.3 Å². The standard InChI is InChI=1S/C18H28FNO/c1-5-8-20-18(14-7-9-21-16(14)6-2)17-13(4)10-12(3)11-15(17)19/h10-11,14,16,18,20H,5-9H2,1-4H3. The first-order valence-electron chi connectivity index (χ1n) is 8.20. The van der Waals surface area contributed by atoms with Crippen molar-refractivity contribution in [1.82, 2.24) is 5.32 Å². The van der Waals surface area contributed by atoms with Crippen LogP contribution < -0.4 is 5.32 Å². The van der Waals surface area contributed by atoms with Gasteiger partial charge in [0.1, 0.15) is 5.82 Å². The van der Waals surface area contributed by atoms with Gasteiger partial charge in [-0.2, -0.15) is 0 Å². The molecule has 21 heavy (non-hydrogen) atoms. The van der Waals surface area contributed by atoms with Gasteiger partial charge in [-0.3, -0.25) is 0 Å². The Morgan fingerprint density at radius 1 is 1.33 bits per heavy atom. The van der Waals surface area contributed by atoms with E-state index < -0.39 is 0 Å². The van der Waals surface area contributed by atoms with Crippen LogP contribution in [-0.2, 0) is 4.74 Å². The number of ether oxygens (including phenoxy) is 1. The molecular formula is C18H28FNO. The minimum Gasteiger partial charge on any atom is -0.378 e. The Labute approximate surface area is 128 Å². The van der Waals surface area contributed by atoms with Crippen molar-refractivity contribution in [1.29, 1.82) is 0 Å². The molecule has 1 aromatic rings. The molecule has 0 aromatic heterocycles. The van der Waals surface area contributed by atoms with E-state index in [4.69, 9.17) is 4.74 Å². The van der Waals surface area contributed by atoms with Gasteiger partial charge in [0.15, 0.2) is 0 Å². The number of halogens is 1. The number of hydrogen-bond donors (Lipinski definition) is 1. The normalized spacial score (nSPS) is 23.5. The summed E-state index contributed by atoms with van der Waals surface area (Å²) >= 11 is 0. The molecular weight excluding hydrogens is 265 g/mol. The molecule has 2 rings (SSSR count). The van der Waals surface area contributed by atoms with E-state index in [-0.39, 0.29) is 18.0 Å². The summed E-state index contributed by atoms with van der Waals surface area (Å²) in [6.07, 6.45) is 3.28. The summed E-state index contributed by atoms with van der Waals surface area (Å²) in [4.78, 5) is 0. The Balaban J connectivity index is 2.36. The molecule has 2 nitrogen and oxygen atoms in total. The molecule has 0 aliphatic carbocycles. The van der Waals surface area contributed by atoms with Gasteiger partial charge in [0.2, 0.25) is 0 Å². The lowest BCUT2D eigenvalue weighted by atomic mass is 9.84. The van der Waals surface area contributed by atoms with Crippen molar-refractivity contribution in [2.24, 2.45) is 5.92 Å². The van der Waals surface area contributed by atoms with Gasteiger partial charge >= 0.3 is 0 Å². The highest BCUT2D eigenvalue weighted by molar-refractivity contribution is 5.35. The number of aryl methyl sites for hydroxylation is 2. The van der Waals surface area contributed by atoms with E-state index in [1.165, 1.54) is 0 Å². The molecule has 3 unspecified atom stereocenters. The van der Waals surface area contributed by atoms with Crippen molar-refractivity contribution in [3.8, 4) is 0 Å². The van der Waals surface area contributed by atoms with Gasteiger partial charge in [0.05, 0.1) is 6.10 Å². The zero-order valence-electron chi connectivity index (χ0n) is 13.7. The van der Waals surface area contributed by atoms with Crippen LogP contribution >= 0.6 is 0 Å². The van der Waals surface area contributed by atoms with Crippen LogP contribution in [0.15, 0.2) is 12.1 Å². The lowest BCUT2D eigenvalue weighted by molar-refractivity contribution is 0.0769. The van der Waals surface area contributed by atoms with Crippen LogP contribution in [0.5, 0.6) is 0 Å². The molecule has 1 fully saturated rings. The fourth-order valence-corrected chi connectivity index (χ4v) is 3.56. The van der Waals surface area contributed by atoms with E-state index in [0.717, 1.165) is 49.1 Å². The third kappa shape index (κ3) is 3.64. The van der Waals surface area contributed by atoms with Gasteiger partial charge < -0.3 is 10.1 Å². The molecule has 3 heteroatoms. The summed E-state index contributed by atoms with van der Waals surface area (Å²) < 4.78 is 20.4. The molecule has 0 saturated carbocycles. The van der Waals surface area contributed by atoms with Crippen LogP contribution in [0.3, 0.4) is 0 Å². The second kappa shape index (κ2) is 7.37. The Hall–Kier alpha value is -0.930. The van der Waals surface area contributed by atoms with Gasteiger partial charge in [-0.1, -0.05) is 19.9 Å². The largest absolute Gasteiger partial charge is 0.378 e. The SMILES string of the molecule is CCCNC(c1c(C)cc(C)cc1F)C1CCOC1CC. The zero-order valence-corrected chi connectivity index (χ0v) is 13.7. The molecule has 0 bridgehead atoms. The van der Waals surface area contributed by atoms with Crippen LogP contribution in [-0.4, -0.2) is 19.3 Å². The van der Waals surface area contributed by atoms with Crippen molar-refractivity contribution in [3.63, 3.8) is 0 Å². The van der Waals surface area contributed by atoms with Crippen LogP contribution in [0.25, 0.3) is 0 Å². The molecule has 1 aliphatic heterocycles. The maximum absolute atomic E-state index is 14.6. The monoisotopic (exact) mass is 293 g/mol. The summed E-state index contributed by atoms with van der Waals surface area (Å²) in [5, 5.41) is 3.57. The van der Waals surface area contributed by atoms with Crippen molar-refractivity contribution in [2.45, 2.75) is 59.1 Å². The predicted octanol–water partition coefficient (Wildman–Crippen LogP) is 4.30. The Bertz CT molecular complexity index is 451. The molecule has 1 heterocycles. The van der Waals surface area contributed by atoms with Crippen molar-refractivity contribution < 1.29 is 9.13 Å². The van der Waals surface area contributed by atoms with Gasteiger partial charge in [-0.15, -0.1) is 0 Å². The summed E-state index contributed by atoms with van der Waals surface area (Å²) in [6, 6.07) is 3.79. The van der Waals surface area contributed by atoms with E-state index >= 15 is 0 Å². The molecule has 0 radical (unpaired) electrons. The lowest BCUT2D eigenvalue weighted by Crippen LogP contribution is -2.34.